The molecule has 7 nitrogen and oxygen atoms in total. The van der Waals surface area contributed by atoms with Crippen LogP contribution < -0.4 is 0 Å². The molecule has 0 amide bonds. The Balaban J connectivity index is 5.59. The Labute approximate surface area is 176 Å². The third-order valence-corrected chi connectivity index (χ3v) is 7.76. The van der Waals surface area contributed by atoms with Crippen molar-refractivity contribution in [3.63, 3.8) is 0 Å². The minimum atomic E-state index is -5.15. The van der Waals surface area contributed by atoms with E-state index in [-0.39, 0.29) is 12.8 Å². The van der Waals surface area contributed by atoms with Crippen LogP contribution in [0.25, 0.3) is 0 Å². The zero-order chi connectivity index (χ0) is 22.6. The van der Waals surface area contributed by atoms with Gasteiger partial charge >= 0.3 is 11.9 Å². The second-order valence-corrected chi connectivity index (χ2v) is 10.0. The van der Waals surface area contributed by atoms with Gasteiger partial charge in [0.1, 0.15) is 5.41 Å². The van der Waals surface area contributed by atoms with Crippen molar-refractivity contribution in [2.75, 3.05) is 0 Å². The van der Waals surface area contributed by atoms with E-state index in [4.69, 9.17) is 0 Å². The zero-order valence-electron chi connectivity index (χ0n) is 18.3. The van der Waals surface area contributed by atoms with Crippen LogP contribution in [0.5, 0.6) is 0 Å². The molecule has 0 aromatic carbocycles. The predicted octanol–water partition coefficient (Wildman–Crippen LogP) is 5.29. The highest BCUT2D eigenvalue weighted by molar-refractivity contribution is 7.88. The molecule has 0 aliphatic rings. The first-order valence-corrected chi connectivity index (χ1v) is 12.4. The fourth-order valence-electron chi connectivity index (χ4n) is 4.00. The average Bonchev–Trinajstić information content (AvgIpc) is 2.63. The first kappa shape index (κ1) is 27.8. The van der Waals surface area contributed by atoms with Crippen molar-refractivity contribution in [2.45, 2.75) is 115 Å². The molecule has 3 N–H and O–H groups in total. The van der Waals surface area contributed by atoms with Crippen LogP contribution >= 0.6 is 0 Å². The van der Waals surface area contributed by atoms with Gasteiger partial charge in [0, 0.05) is 0 Å². The number of unbranched alkanes of at least 4 members (excludes halogenated alkanes) is 10. The topological polar surface area (TPSA) is 129 Å². The lowest BCUT2D eigenvalue weighted by molar-refractivity contribution is -0.161. The molecule has 1 unspecified atom stereocenters. The van der Waals surface area contributed by atoms with Crippen molar-refractivity contribution in [3.8, 4) is 0 Å². The van der Waals surface area contributed by atoms with Crippen molar-refractivity contribution < 1.29 is 32.8 Å². The minimum absolute atomic E-state index is 0.0913. The molecule has 1 atom stereocenters. The van der Waals surface area contributed by atoms with Crippen molar-refractivity contribution in [3.05, 3.63) is 0 Å². The summed E-state index contributed by atoms with van der Waals surface area (Å²) in [5.74, 6) is -3.29. The summed E-state index contributed by atoms with van der Waals surface area (Å²) in [6, 6.07) is 0. The molecule has 0 bridgehead atoms. The van der Waals surface area contributed by atoms with E-state index in [1.807, 2.05) is 0 Å². The van der Waals surface area contributed by atoms with E-state index >= 15 is 0 Å². The summed E-state index contributed by atoms with van der Waals surface area (Å²) in [5.41, 5.74) is -2.07. The maximum absolute atomic E-state index is 12.3. The van der Waals surface area contributed by atoms with E-state index < -0.39 is 32.2 Å². The molecule has 0 radical (unpaired) electrons. The van der Waals surface area contributed by atoms with Crippen LogP contribution in [0.3, 0.4) is 0 Å². The summed E-state index contributed by atoms with van der Waals surface area (Å²) in [7, 11) is -5.15. The van der Waals surface area contributed by atoms with Gasteiger partial charge in [-0.15, -0.1) is 0 Å². The van der Waals surface area contributed by atoms with E-state index in [9.17, 15) is 32.8 Å². The summed E-state index contributed by atoms with van der Waals surface area (Å²) in [6.45, 7) is 5.01. The van der Waals surface area contributed by atoms with Crippen LogP contribution in [0.4, 0.5) is 0 Å². The zero-order valence-corrected chi connectivity index (χ0v) is 19.1. The third kappa shape index (κ3) is 7.55. The van der Waals surface area contributed by atoms with Gasteiger partial charge in [-0.25, -0.2) is 0 Å². The smallest absolute Gasteiger partial charge is 0.328 e. The standard InChI is InChI=1S/C21H40O7S/c1-4-6-8-10-12-14-16-21(19(24)25,17-15-13-11-9-7-5-2)20(3,18(22)23)29(26,27)28/h4-17H2,1-3H3,(H,22,23)(H,24,25)(H,26,27,28). The van der Waals surface area contributed by atoms with E-state index in [0.29, 0.717) is 25.7 Å². The monoisotopic (exact) mass is 436 g/mol. The highest BCUT2D eigenvalue weighted by atomic mass is 32.2. The summed E-state index contributed by atoms with van der Waals surface area (Å²) >= 11 is 0. The molecule has 0 heterocycles. The molecule has 29 heavy (non-hydrogen) atoms. The number of carboxylic acid groups (broad SMARTS) is 2. The second kappa shape index (κ2) is 13.2. The molecule has 0 aliphatic carbocycles. The fourth-order valence-corrected chi connectivity index (χ4v) is 5.00. The van der Waals surface area contributed by atoms with Crippen LogP contribution in [-0.2, 0) is 19.7 Å². The maximum atomic E-state index is 12.3. The summed E-state index contributed by atoms with van der Waals surface area (Å²) in [5, 5.41) is 19.7. The van der Waals surface area contributed by atoms with Crippen molar-refractivity contribution in [1.29, 1.82) is 0 Å². The molecular formula is C21H40O7S. The van der Waals surface area contributed by atoms with Gasteiger partial charge in [0.2, 0.25) is 4.75 Å². The van der Waals surface area contributed by atoms with Crippen molar-refractivity contribution >= 4 is 22.1 Å². The minimum Gasteiger partial charge on any atom is -0.481 e. The molecule has 8 heteroatoms. The first-order chi connectivity index (χ1) is 13.5. The summed E-state index contributed by atoms with van der Waals surface area (Å²) < 4.78 is 31.2. The van der Waals surface area contributed by atoms with E-state index in [2.05, 4.69) is 13.8 Å². The molecule has 0 fully saturated rings. The van der Waals surface area contributed by atoms with Gasteiger partial charge in [-0.3, -0.25) is 14.1 Å². The highest BCUT2D eigenvalue weighted by Gasteiger charge is 2.65. The second-order valence-electron chi connectivity index (χ2n) is 8.24. The van der Waals surface area contributed by atoms with Gasteiger partial charge < -0.3 is 10.2 Å². The normalized spacial score (nSPS) is 14.5. The van der Waals surface area contributed by atoms with E-state index in [1.165, 1.54) is 0 Å². The van der Waals surface area contributed by atoms with Gasteiger partial charge in [-0.2, -0.15) is 8.42 Å². The molecule has 0 aliphatic heterocycles. The lowest BCUT2D eigenvalue weighted by atomic mass is 9.68. The molecular weight excluding hydrogens is 396 g/mol. The Kier molecular flexibility index (Phi) is 12.7. The predicted molar refractivity (Wildman–Crippen MR) is 114 cm³/mol. The molecule has 0 saturated heterocycles. The van der Waals surface area contributed by atoms with Crippen LogP contribution in [0.2, 0.25) is 0 Å². The van der Waals surface area contributed by atoms with Crippen LogP contribution in [0, 0.1) is 5.41 Å². The maximum Gasteiger partial charge on any atom is 0.328 e. The van der Waals surface area contributed by atoms with Crippen LogP contribution in [-0.4, -0.2) is 39.9 Å². The molecule has 0 aromatic heterocycles. The van der Waals surface area contributed by atoms with Crippen LogP contribution in [0.1, 0.15) is 111 Å². The van der Waals surface area contributed by atoms with Gasteiger partial charge in [0.15, 0.2) is 0 Å². The lowest BCUT2D eigenvalue weighted by Crippen LogP contribution is -2.60. The molecule has 0 spiro atoms. The van der Waals surface area contributed by atoms with Gasteiger partial charge in [0.05, 0.1) is 0 Å². The Morgan fingerprint density at radius 2 is 1.03 bits per heavy atom. The summed E-state index contributed by atoms with van der Waals surface area (Å²) in [4.78, 5) is 24.3. The molecule has 0 saturated carbocycles. The van der Waals surface area contributed by atoms with Gasteiger partial charge in [0.25, 0.3) is 10.1 Å². The highest BCUT2D eigenvalue weighted by Crippen LogP contribution is 2.47. The lowest BCUT2D eigenvalue weighted by Gasteiger charge is -2.40. The number of hydrogen-bond acceptors (Lipinski definition) is 4. The van der Waals surface area contributed by atoms with E-state index in [1.54, 1.807) is 0 Å². The molecule has 0 rings (SSSR count). The third-order valence-electron chi connectivity index (χ3n) is 6.16. The Morgan fingerprint density at radius 1 is 0.690 bits per heavy atom. The quantitative estimate of drug-likeness (QED) is 0.197. The summed E-state index contributed by atoms with van der Waals surface area (Å²) in [6.07, 6.45) is 10.1. The number of hydrogen-bond donors (Lipinski definition) is 3. The van der Waals surface area contributed by atoms with Gasteiger partial charge in [-0.1, -0.05) is 90.9 Å². The van der Waals surface area contributed by atoms with Gasteiger partial charge in [-0.05, 0) is 19.8 Å². The van der Waals surface area contributed by atoms with Crippen LogP contribution in [0.15, 0.2) is 0 Å². The van der Waals surface area contributed by atoms with Crippen molar-refractivity contribution in [1.82, 2.24) is 0 Å². The fraction of sp³-hybridized carbons (Fsp3) is 0.905. The number of aliphatic carboxylic acids is 2. The molecule has 0 aromatic rings. The number of carboxylic acids is 2. The molecule has 172 valence electrons. The van der Waals surface area contributed by atoms with E-state index in [0.717, 1.165) is 58.3 Å². The Morgan fingerprint density at radius 3 is 1.31 bits per heavy atom. The Hall–Kier alpha value is -1.15. The number of rotatable bonds is 18. The average molecular weight is 437 g/mol. The Bertz CT molecular complexity index is 584. The SMILES string of the molecule is CCCCCCCCC(CCCCCCCC)(C(=O)O)C(C)(C(=O)O)S(=O)(=O)O. The number of carbonyl (C=O) groups is 2. The van der Waals surface area contributed by atoms with Crippen molar-refractivity contribution in [2.24, 2.45) is 5.41 Å². The largest absolute Gasteiger partial charge is 0.481 e. The first-order valence-electron chi connectivity index (χ1n) is 10.9.